The van der Waals surface area contributed by atoms with Crippen LogP contribution in [0.2, 0.25) is 0 Å². The maximum absolute atomic E-state index is 12.2. The lowest BCUT2D eigenvalue weighted by Crippen LogP contribution is -2.25. The van der Waals surface area contributed by atoms with Gasteiger partial charge in [-0.1, -0.05) is 18.2 Å². The molecule has 0 N–H and O–H groups in total. The number of aryl methyl sites for hydroxylation is 1. The molecule has 25 heavy (non-hydrogen) atoms. The van der Waals surface area contributed by atoms with Crippen LogP contribution in [0.5, 0.6) is 0 Å². The van der Waals surface area contributed by atoms with Gasteiger partial charge in [-0.3, -0.25) is 4.79 Å². The van der Waals surface area contributed by atoms with Crippen LogP contribution in [0, 0.1) is 0 Å². The molecule has 3 aromatic rings. The van der Waals surface area contributed by atoms with E-state index >= 15 is 0 Å². The van der Waals surface area contributed by atoms with Gasteiger partial charge in [-0.05, 0) is 47.5 Å². The molecule has 0 aliphatic rings. The minimum atomic E-state index is 0.110. The second-order valence-corrected chi connectivity index (χ2v) is 5.88. The van der Waals surface area contributed by atoms with Crippen LogP contribution >= 0.6 is 0 Å². The number of carbonyl (C=O) groups excluding carboxylic acids is 1. The Kier molecular flexibility index (Phi) is 5.56. The van der Waals surface area contributed by atoms with E-state index < -0.39 is 0 Å². The van der Waals surface area contributed by atoms with Gasteiger partial charge in [0.05, 0.1) is 18.5 Å². The quantitative estimate of drug-likeness (QED) is 0.590. The summed E-state index contributed by atoms with van der Waals surface area (Å²) in [7, 11) is 1.79. The highest BCUT2D eigenvalue weighted by molar-refractivity contribution is 5.75. The van der Waals surface area contributed by atoms with E-state index in [0.717, 1.165) is 36.5 Å². The number of unbranched alkanes of at least 4 members (excludes halogenated alkanes) is 1. The molecule has 0 aliphatic heterocycles. The van der Waals surface area contributed by atoms with Crippen molar-refractivity contribution in [1.29, 1.82) is 0 Å². The molecule has 1 aromatic carbocycles. The van der Waals surface area contributed by atoms with Crippen LogP contribution in [0.4, 0.5) is 0 Å². The van der Waals surface area contributed by atoms with Crippen molar-refractivity contribution in [2.75, 3.05) is 7.05 Å². The first-order valence-electron chi connectivity index (χ1n) is 8.33. The Labute approximate surface area is 146 Å². The predicted octanol–water partition coefficient (Wildman–Crippen LogP) is 2.63. The van der Waals surface area contributed by atoms with E-state index in [9.17, 15) is 4.79 Å². The molecule has 0 atom stereocenters. The molecule has 0 unspecified atom stereocenters. The average Bonchev–Trinajstić information content (AvgIpc) is 3.31. The summed E-state index contributed by atoms with van der Waals surface area (Å²) in [5, 5.41) is 11.9. The molecule has 7 heteroatoms. The van der Waals surface area contributed by atoms with Crippen molar-refractivity contribution in [2.45, 2.75) is 32.2 Å². The van der Waals surface area contributed by atoms with E-state index in [2.05, 4.69) is 15.5 Å². The van der Waals surface area contributed by atoms with Gasteiger partial charge in [0.1, 0.15) is 5.76 Å². The summed E-state index contributed by atoms with van der Waals surface area (Å²) in [4.78, 5) is 13.8. The Bertz CT molecular complexity index is 783. The zero-order valence-electron chi connectivity index (χ0n) is 14.2. The smallest absolute Gasteiger partial charge is 0.222 e. The van der Waals surface area contributed by atoms with Gasteiger partial charge < -0.3 is 9.32 Å². The van der Waals surface area contributed by atoms with Crippen molar-refractivity contribution in [1.82, 2.24) is 25.1 Å². The molecule has 2 aromatic heterocycles. The van der Waals surface area contributed by atoms with Crippen LogP contribution in [0.1, 0.15) is 30.8 Å². The van der Waals surface area contributed by atoms with Crippen LogP contribution < -0.4 is 0 Å². The molecular weight excluding hydrogens is 318 g/mol. The van der Waals surface area contributed by atoms with E-state index in [4.69, 9.17) is 4.42 Å². The van der Waals surface area contributed by atoms with Crippen LogP contribution in [0.15, 0.2) is 53.1 Å². The Hall–Kier alpha value is -2.96. The van der Waals surface area contributed by atoms with E-state index in [0.29, 0.717) is 13.0 Å². The van der Waals surface area contributed by atoms with Crippen LogP contribution in [-0.2, 0) is 17.8 Å². The maximum Gasteiger partial charge on any atom is 0.222 e. The molecule has 0 radical (unpaired) electrons. The third-order valence-electron chi connectivity index (χ3n) is 3.97. The normalized spacial score (nSPS) is 10.8. The van der Waals surface area contributed by atoms with E-state index in [-0.39, 0.29) is 5.91 Å². The summed E-state index contributed by atoms with van der Waals surface area (Å²) in [6.45, 7) is 0.498. The highest BCUT2D eigenvalue weighted by atomic mass is 16.3. The first-order valence-corrected chi connectivity index (χ1v) is 8.33. The van der Waals surface area contributed by atoms with Gasteiger partial charge in [-0.15, -0.1) is 5.10 Å². The highest BCUT2D eigenvalue weighted by Gasteiger charge is 2.12. The number of tetrazole rings is 1. The van der Waals surface area contributed by atoms with Crippen LogP contribution in [0.25, 0.3) is 5.69 Å². The van der Waals surface area contributed by atoms with Crippen LogP contribution in [-0.4, -0.2) is 38.1 Å². The molecule has 1 amide bonds. The second kappa shape index (κ2) is 8.23. The zero-order chi connectivity index (χ0) is 17.5. The summed E-state index contributed by atoms with van der Waals surface area (Å²) in [5.74, 6) is 1.71. The third kappa shape index (κ3) is 4.53. The van der Waals surface area contributed by atoms with Crippen molar-refractivity contribution < 1.29 is 9.21 Å². The topological polar surface area (TPSA) is 77.1 Å². The predicted molar refractivity (Wildman–Crippen MR) is 91.9 cm³/mol. The first kappa shape index (κ1) is 16.9. The molecule has 7 nitrogen and oxygen atoms in total. The van der Waals surface area contributed by atoms with Crippen molar-refractivity contribution >= 4 is 5.91 Å². The van der Waals surface area contributed by atoms with Crippen molar-refractivity contribution in [2.24, 2.45) is 0 Å². The van der Waals surface area contributed by atoms with Gasteiger partial charge in [0, 0.05) is 19.9 Å². The summed E-state index contributed by atoms with van der Waals surface area (Å²) in [5.41, 5.74) is 0.941. The van der Waals surface area contributed by atoms with Crippen molar-refractivity contribution in [3.8, 4) is 5.69 Å². The minimum absolute atomic E-state index is 0.110. The Morgan fingerprint density at radius 1 is 1.16 bits per heavy atom. The van der Waals surface area contributed by atoms with Gasteiger partial charge >= 0.3 is 0 Å². The lowest BCUT2D eigenvalue weighted by atomic mass is 10.1. The molecule has 3 rings (SSSR count). The van der Waals surface area contributed by atoms with E-state index in [1.165, 1.54) is 0 Å². The number of nitrogens with zero attached hydrogens (tertiary/aromatic N) is 5. The standard InChI is InChI=1S/C18H21N5O2/c1-22(14-16-10-7-13-25-16)18(24)12-6-5-11-17-19-20-21-23(17)15-8-3-2-4-9-15/h2-4,7-10,13H,5-6,11-12,14H2,1H3. The third-order valence-corrected chi connectivity index (χ3v) is 3.97. The number of hydrogen-bond acceptors (Lipinski definition) is 5. The summed E-state index contributed by atoms with van der Waals surface area (Å²) >= 11 is 0. The van der Waals surface area contributed by atoms with Gasteiger partial charge in [-0.25, -0.2) is 0 Å². The van der Waals surface area contributed by atoms with E-state index in [1.54, 1.807) is 22.9 Å². The van der Waals surface area contributed by atoms with Crippen LogP contribution in [0.3, 0.4) is 0 Å². The summed E-state index contributed by atoms with van der Waals surface area (Å²) in [6, 6.07) is 13.5. The van der Waals surface area contributed by atoms with Gasteiger partial charge in [0.15, 0.2) is 5.82 Å². The minimum Gasteiger partial charge on any atom is -0.467 e. The number of benzene rings is 1. The molecule has 130 valence electrons. The van der Waals surface area contributed by atoms with Gasteiger partial charge in [-0.2, -0.15) is 4.68 Å². The maximum atomic E-state index is 12.2. The Balaban J connectivity index is 1.45. The number of hydrogen-bond donors (Lipinski definition) is 0. The molecule has 0 aliphatic carbocycles. The lowest BCUT2D eigenvalue weighted by molar-refractivity contribution is -0.130. The molecule has 0 spiro atoms. The highest BCUT2D eigenvalue weighted by Crippen LogP contribution is 2.11. The zero-order valence-corrected chi connectivity index (χ0v) is 14.2. The number of para-hydroxylation sites is 1. The van der Waals surface area contributed by atoms with Crippen molar-refractivity contribution in [3.05, 3.63) is 60.3 Å². The average molecular weight is 339 g/mol. The number of furan rings is 1. The van der Waals surface area contributed by atoms with Gasteiger partial charge in [0.25, 0.3) is 0 Å². The molecule has 0 fully saturated rings. The lowest BCUT2D eigenvalue weighted by Gasteiger charge is -2.15. The number of amides is 1. The SMILES string of the molecule is CN(Cc1ccco1)C(=O)CCCCc1nnnn1-c1ccccc1. The van der Waals surface area contributed by atoms with Gasteiger partial charge in [0.2, 0.25) is 5.91 Å². The fourth-order valence-corrected chi connectivity index (χ4v) is 2.61. The molecule has 0 bridgehead atoms. The monoisotopic (exact) mass is 339 g/mol. The second-order valence-electron chi connectivity index (χ2n) is 5.88. The summed E-state index contributed by atoms with van der Waals surface area (Å²) < 4.78 is 7.01. The molecule has 0 saturated heterocycles. The Morgan fingerprint density at radius 3 is 2.76 bits per heavy atom. The molecular formula is C18H21N5O2. The number of carbonyl (C=O) groups is 1. The largest absolute Gasteiger partial charge is 0.467 e. The molecule has 0 saturated carbocycles. The summed E-state index contributed by atoms with van der Waals surface area (Å²) in [6.07, 6.45) is 4.50. The fraction of sp³-hybridized carbons (Fsp3) is 0.333. The fourth-order valence-electron chi connectivity index (χ4n) is 2.61. The Morgan fingerprint density at radius 2 is 2.00 bits per heavy atom. The molecule has 2 heterocycles. The first-order chi connectivity index (χ1) is 12.2. The van der Waals surface area contributed by atoms with E-state index in [1.807, 2.05) is 42.5 Å². The number of aromatic nitrogens is 4. The number of rotatable bonds is 8. The van der Waals surface area contributed by atoms with Crippen molar-refractivity contribution in [3.63, 3.8) is 0 Å².